The quantitative estimate of drug-likeness (QED) is 0.866. The van der Waals surface area contributed by atoms with Crippen molar-refractivity contribution in [1.29, 1.82) is 0 Å². The minimum atomic E-state index is -3.68. The number of nitrogens with zero attached hydrogens (tertiary/aromatic N) is 2. The normalized spacial score (nSPS) is 18.6. The lowest BCUT2D eigenvalue weighted by Crippen LogP contribution is -2.51. The molecule has 116 valence electrons. The maximum Gasteiger partial charge on any atom is 0.259 e. The standard InChI is InChI=1S/C11H19ClN4O2S.ClH/c1-16-10(9(12)7-14-16)19(17,18)15-8-11(13)5-3-2-4-6-11;/h7,15H,2-6,8,13H2,1H3;1H. The number of sulfonamides is 1. The highest BCUT2D eigenvalue weighted by Gasteiger charge is 2.31. The molecule has 0 aliphatic heterocycles. The average Bonchev–Trinajstić information content (AvgIpc) is 2.68. The molecule has 0 radical (unpaired) electrons. The molecule has 0 bridgehead atoms. The van der Waals surface area contributed by atoms with Crippen LogP contribution >= 0.6 is 24.0 Å². The number of aryl methyl sites for hydroxylation is 1. The molecule has 0 amide bonds. The Labute approximate surface area is 130 Å². The van der Waals surface area contributed by atoms with Crippen LogP contribution in [0.5, 0.6) is 0 Å². The van der Waals surface area contributed by atoms with Crippen LogP contribution in [0.15, 0.2) is 11.2 Å². The number of halogens is 2. The molecule has 0 aromatic carbocycles. The predicted octanol–water partition coefficient (Wildman–Crippen LogP) is 1.44. The molecule has 3 N–H and O–H groups in total. The Morgan fingerprint density at radius 2 is 2.05 bits per heavy atom. The summed E-state index contributed by atoms with van der Waals surface area (Å²) in [6.45, 7) is 0.233. The average molecular weight is 343 g/mol. The Kier molecular flexibility index (Phi) is 5.86. The highest BCUT2D eigenvalue weighted by atomic mass is 35.5. The predicted molar refractivity (Wildman–Crippen MR) is 80.7 cm³/mol. The van der Waals surface area contributed by atoms with E-state index in [4.69, 9.17) is 17.3 Å². The van der Waals surface area contributed by atoms with E-state index < -0.39 is 15.6 Å². The summed E-state index contributed by atoms with van der Waals surface area (Å²) in [5.74, 6) is 0. The van der Waals surface area contributed by atoms with Gasteiger partial charge in [0.25, 0.3) is 10.0 Å². The van der Waals surface area contributed by atoms with E-state index in [0.29, 0.717) is 0 Å². The smallest absolute Gasteiger partial charge is 0.259 e. The summed E-state index contributed by atoms with van der Waals surface area (Å²) < 4.78 is 28.2. The molecule has 0 saturated heterocycles. The lowest BCUT2D eigenvalue weighted by Gasteiger charge is -2.33. The maximum absolute atomic E-state index is 12.2. The zero-order valence-corrected chi connectivity index (χ0v) is 13.7. The van der Waals surface area contributed by atoms with Crippen LogP contribution in [-0.4, -0.2) is 30.3 Å². The van der Waals surface area contributed by atoms with Crippen LogP contribution in [0.25, 0.3) is 0 Å². The maximum atomic E-state index is 12.2. The largest absolute Gasteiger partial charge is 0.324 e. The van der Waals surface area contributed by atoms with E-state index in [1.54, 1.807) is 7.05 Å². The van der Waals surface area contributed by atoms with Crippen LogP contribution < -0.4 is 10.5 Å². The molecule has 2 rings (SSSR count). The van der Waals surface area contributed by atoms with Crippen LogP contribution in [0.2, 0.25) is 5.02 Å². The molecule has 1 saturated carbocycles. The van der Waals surface area contributed by atoms with Crippen molar-refractivity contribution in [2.24, 2.45) is 12.8 Å². The highest BCUT2D eigenvalue weighted by molar-refractivity contribution is 7.89. The second-order valence-corrected chi connectivity index (χ2v) is 7.26. The molecule has 0 unspecified atom stereocenters. The molecular formula is C11H20Cl2N4O2S. The van der Waals surface area contributed by atoms with E-state index in [0.717, 1.165) is 25.7 Å². The van der Waals surface area contributed by atoms with Crippen LogP contribution in [0.1, 0.15) is 32.1 Å². The Bertz CT molecular complexity index is 533. The molecule has 1 aliphatic carbocycles. The van der Waals surface area contributed by atoms with E-state index in [1.807, 2.05) is 0 Å². The van der Waals surface area contributed by atoms with Crippen molar-refractivity contribution in [3.05, 3.63) is 11.2 Å². The van der Waals surface area contributed by atoms with E-state index in [-0.39, 0.29) is 29.0 Å². The van der Waals surface area contributed by atoms with E-state index >= 15 is 0 Å². The van der Waals surface area contributed by atoms with Crippen molar-refractivity contribution >= 4 is 34.0 Å². The second kappa shape index (κ2) is 6.62. The number of hydrogen-bond donors (Lipinski definition) is 2. The van der Waals surface area contributed by atoms with Gasteiger partial charge in [-0.2, -0.15) is 5.10 Å². The third-order valence-electron chi connectivity index (χ3n) is 3.56. The second-order valence-electron chi connectivity index (χ2n) is 5.17. The first-order chi connectivity index (χ1) is 8.84. The summed E-state index contributed by atoms with van der Waals surface area (Å²) in [5.41, 5.74) is 5.77. The van der Waals surface area contributed by atoms with Gasteiger partial charge >= 0.3 is 0 Å². The van der Waals surface area contributed by atoms with Crippen molar-refractivity contribution in [3.63, 3.8) is 0 Å². The number of rotatable bonds is 4. The van der Waals surface area contributed by atoms with Gasteiger partial charge in [0.2, 0.25) is 0 Å². The molecule has 1 aliphatic rings. The topological polar surface area (TPSA) is 90.0 Å². The van der Waals surface area contributed by atoms with Crippen LogP contribution in [0.3, 0.4) is 0 Å². The molecule has 1 heterocycles. The van der Waals surface area contributed by atoms with Crippen molar-refractivity contribution < 1.29 is 8.42 Å². The molecule has 9 heteroatoms. The van der Waals surface area contributed by atoms with Gasteiger partial charge in [0.05, 0.1) is 11.2 Å². The van der Waals surface area contributed by atoms with Crippen LogP contribution in [-0.2, 0) is 17.1 Å². The van der Waals surface area contributed by atoms with E-state index in [9.17, 15) is 8.42 Å². The lowest BCUT2D eigenvalue weighted by molar-refractivity contribution is 0.296. The Morgan fingerprint density at radius 3 is 2.55 bits per heavy atom. The monoisotopic (exact) mass is 342 g/mol. The molecule has 1 fully saturated rings. The number of aromatic nitrogens is 2. The van der Waals surface area contributed by atoms with E-state index in [2.05, 4.69) is 9.82 Å². The first-order valence-electron chi connectivity index (χ1n) is 6.30. The van der Waals surface area contributed by atoms with Crippen LogP contribution in [0, 0.1) is 0 Å². The van der Waals surface area contributed by atoms with Gasteiger partial charge in [-0.3, -0.25) is 4.68 Å². The third-order valence-corrected chi connectivity index (χ3v) is 5.47. The van der Waals surface area contributed by atoms with Crippen molar-refractivity contribution in [1.82, 2.24) is 14.5 Å². The Hall–Kier alpha value is -0.340. The fraction of sp³-hybridized carbons (Fsp3) is 0.727. The molecule has 1 aromatic rings. The van der Waals surface area contributed by atoms with Gasteiger partial charge in [-0.15, -0.1) is 12.4 Å². The molecule has 20 heavy (non-hydrogen) atoms. The molecule has 6 nitrogen and oxygen atoms in total. The van der Waals surface area contributed by atoms with Gasteiger partial charge in [-0.05, 0) is 12.8 Å². The third kappa shape index (κ3) is 3.85. The molecule has 0 spiro atoms. The molecule has 1 aromatic heterocycles. The SMILES string of the molecule is Cl.Cn1ncc(Cl)c1S(=O)(=O)NCC1(N)CCCCC1. The van der Waals surface area contributed by atoms with Gasteiger partial charge in [-0.1, -0.05) is 30.9 Å². The number of hydrogen-bond acceptors (Lipinski definition) is 4. The zero-order valence-electron chi connectivity index (χ0n) is 11.3. The summed E-state index contributed by atoms with van der Waals surface area (Å²) in [4.78, 5) is 0. The van der Waals surface area contributed by atoms with Gasteiger partial charge in [0.1, 0.15) is 0 Å². The first-order valence-corrected chi connectivity index (χ1v) is 8.16. The number of nitrogens with two attached hydrogens (primary N) is 1. The van der Waals surface area contributed by atoms with Gasteiger partial charge in [0, 0.05) is 19.1 Å². The first kappa shape index (κ1) is 17.7. The van der Waals surface area contributed by atoms with Gasteiger partial charge in [0.15, 0.2) is 5.03 Å². The highest BCUT2D eigenvalue weighted by Crippen LogP contribution is 2.26. The van der Waals surface area contributed by atoms with Crippen molar-refractivity contribution in [3.8, 4) is 0 Å². The molecule has 0 atom stereocenters. The zero-order chi connectivity index (χ0) is 14.1. The van der Waals surface area contributed by atoms with Crippen molar-refractivity contribution in [2.75, 3.05) is 6.54 Å². The summed E-state index contributed by atoms with van der Waals surface area (Å²) in [6.07, 6.45) is 6.26. The summed E-state index contributed by atoms with van der Waals surface area (Å²) in [6, 6.07) is 0. The fourth-order valence-electron chi connectivity index (χ4n) is 2.44. The summed E-state index contributed by atoms with van der Waals surface area (Å²) >= 11 is 5.85. The minimum Gasteiger partial charge on any atom is -0.324 e. The Balaban J connectivity index is 0.00000200. The van der Waals surface area contributed by atoms with Gasteiger partial charge in [-0.25, -0.2) is 13.1 Å². The summed E-state index contributed by atoms with van der Waals surface area (Å²) in [7, 11) is -2.14. The summed E-state index contributed by atoms with van der Waals surface area (Å²) in [5, 5.41) is 3.92. The number of nitrogens with one attached hydrogen (secondary N) is 1. The molecular weight excluding hydrogens is 323 g/mol. The van der Waals surface area contributed by atoms with Crippen molar-refractivity contribution in [2.45, 2.75) is 42.7 Å². The van der Waals surface area contributed by atoms with Gasteiger partial charge < -0.3 is 5.73 Å². The van der Waals surface area contributed by atoms with Crippen LogP contribution in [0.4, 0.5) is 0 Å². The Morgan fingerprint density at radius 1 is 1.45 bits per heavy atom. The van der Waals surface area contributed by atoms with E-state index in [1.165, 1.54) is 17.3 Å². The fourth-order valence-corrected chi connectivity index (χ4v) is 4.23. The lowest BCUT2D eigenvalue weighted by atomic mass is 9.83. The minimum absolute atomic E-state index is 0.